The molecule has 0 saturated heterocycles. The van der Waals surface area contributed by atoms with Crippen molar-refractivity contribution in [1.29, 1.82) is 0 Å². The molecule has 0 amide bonds. The zero-order chi connectivity index (χ0) is 21.5. The van der Waals surface area contributed by atoms with Gasteiger partial charge in [-0.25, -0.2) is 20.1 Å². The summed E-state index contributed by atoms with van der Waals surface area (Å²) in [7, 11) is -8.16. The number of nitrogens with two attached hydrogens (primary N) is 2. The molecule has 0 bridgehead atoms. The Morgan fingerprint density at radius 3 is 1.33 bits per heavy atom. The maximum atomic E-state index is 11.1. The minimum Gasteiger partial charge on any atom is -0.393 e. The lowest BCUT2D eigenvalue weighted by molar-refractivity contribution is 0.0508. The van der Waals surface area contributed by atoms with Crippen LogP contribution in [0.1, 0.15) is 72.6 Å². The second-order valence-corrected chi connectivity index (χ2v) is 10.8. The van der Waals surface area contributed by atoms with E-state index in [1.165, 1.54) is 0 Å². The van der Waals surface area contributed by atoms with Gasteiger partial charge in [0, 0.05) is 0 Å². The Hall–Kier alpha value is 0.140. The van der Waals surface area contributed by atoms with Crippen LogP contribution in [0, 0.1) is 0 Å². The lowest BCUT2D eigenvalue weighted by atomic mass is 9.95. The van der Waals surface area contributed by atoms with E-state index >= 15 is 0 Å². The molecule has 0 heterocycles. The minimum absolute atomic E-state index is 0.351. The van der Waals surface area contributed by atoms with E-state index < -0.39 is 38.9 Å². The molecule has 4 unspecified atom stereocenters. The highest BCUT2D eigenvalue weighted by Crippen LogP contribution is 2.40. The van der Waals surface area contributed by atoms with Gasteiger partial charge in [-0.05, 0) is 72.6 Å². The molecular formula is C15H36N2O8P2. The van der Waals surface area contributed by atoms with Crippen LogP contribution in [0.5, 0.6) is 0 Å². The largest absolute Gasteiger partial charge is 0.400 e. The third-order valence-corrected chi connectivity index (χ3v) is 5.50. The van der Waals surface area contributed by atoms with E-state index in [9.17, 15) is 19.3 Å². The molecule has 27 heavy (non-hydrogen) atoms. The average molecular weight is 434 g/mol. The lowest BCUT2D eigenvalue weighted by Crippen LogP contribution is -2.27. The Labute approximate surface area is 161 Å². The quantitative estimate of drug-likeness (QED) is 0.221. The number of aliphatic hydroxyl groups is 2. The summed E-state index contributed by atoms with van der Waals surface area (Å²) in [5, 5.41) is 20.0. The van der Waals surface area contributed by atoms with E-state index in [1.807, 2.05) is 0 Å². The fourth-order valence-corrected chi connectivity index (χ4v) is 4.30. The molecule has 0 aromatic rings. The SMILES string of the molecule is CC(C)(CCC(O)CCCC(O)CCC(C)(C)OP(N)(=O)O)OP(N)(=O)O. The van der Waals surface area contributed by atoms with Crippen molar-refractivity contribution < 1.29 is 38.2 Å². The summed E-state index contributed by atoms with van der Waals surface area (Å²) >= 11 is 0. The van der Waals surface area contributed by atoms with Gasteiger partial charge >= 0.3 is 15.5 Å². The fourth-order valence-electron chi connectivity index (χ4n) is 2.71. The van der Waals surface area contributed by atoms with E-state index in [4.69, 9.17) is 29.8 Å². The minimum atomic E-state index is -4.08. The average Bonchev–Trinajstić information content (AvgIpc) is 2.38. The molecule has 0 aliphatic heterocycles. The molecule has 12 heteroatoms. The maximum Gasteiger partial charge on any atom is 0.400 e. The van der Waals surface area contributed by atoms with E-state index in [0.717, 1.165) is 0 Å². The molecule has 4 atom stereocenters. The van der Waals surface area contributed by atoms with Gasteiger partial charge in [0.2, 0.25) is 0 Å². The van der Waals surface area contributed by atoms with Crippen molar-refractivity contribution in [3.63, 3.8) is 0 Å². The van der Waals surface area contributed by atoms with Crippen LogP contribution in [0.4, 0.5) is 0 Å². The molecule has 0 aromatic carbocycles. The summed E-state index contributed by atoms with van der Waals surface area (Å²) in [6.45, 7) is 6.48. The first kappa shape index (κ1) is 27.1. The summed E-state index contributed by atoms with van der Waals surface area (Å²) in [4.78, 5) is 18.1. The second-order valence-electron chi connectivity index (χ2n) is 8.15. The van der Waals surface area contributed by atoms with Gasteiger partial charge in [-0.15, -0.1) is 0 Å². The van der Waals surface area contributed by atoms with E-state index in [2.05, 4.69) is 0 Å². The molecular weight excluding hydrogens is 398 g/mol. The summed E-state index contributed by atoms with van der Waals surface area (Å²) in [6, 6.07) is 0. The maximum absolute atomic E-state index is 11.1. The lowest BCUT2D eigenvalue weighted by Gasteiger charge is -2.27. The normalized spacial score (nSPS) is 19.9. The number of hydrogen-bond acceptors (Lipinski definition) is 6. The zero-order valence-electron chi connectivity index (χ0n) is 16.6. The molecule has 10 nitrogen and oxygen atoms in total. The van der Waals surface area contributed by atoms with Gasteiger partial charge < -0.3 is 20.0 Å². The summed E-state index contributed by atoms with van der Waals surface area (Å²) in [5.41, 5.74) is 8.11. The van der Waals surface area contributed by atoms with Crippen molar-refractivity contribution in [2.75, 3.05) is 0 Å². The van der Waals surface area contributed by atoms with Crippen LogP contribution in [0.3, 0.4) is 0 Å². The van der Waals surface area contributed by atoms with E-state index in [0.29, 0.717) is 44.9 Å². The zero-order valence-corrected chi connectivity index (χ0v) is 18.4. The van der Waals surface area contributed by atoms with Crippen LogP contribution in [-0.2, 0) is 18.2 Å². The molecule has 164 valence electrons. The van der Waals surface area contributed by atoms with Crippen LogP contribution >= 0.6 is 15.5 Å². The highest BCUT2D eigenvalue weighted by Gasteiger charge is 2.29. The van der Waals surface area contributed by atoms with Crippen LogP contribution in [-0.4, -0.2) is 43.4 Å². The Bertz CT molecular complexity index is 486. The van der Waals surface area contributed by atoms with E-state index in [1.54, 1.807) is 27.7 Å². The van der Waals surface area contributed by atoms with Crippen LogP contribution in [0.25, 0.3) is 0 Å². The topological polar surface area (TPSA) is 186 Å². The summed E-state index contributed by atoms with van der Waals surface area (Å²) in [6.07, 6.45) is 1.67. The first-order chi connectivity index (χ1) is 11.9. The standard InChI is InChI=1S/C15H36N2O8P2/c1-14(2,24-26(16,20)21)10-8-12(18)6-5-7-13(19)9-11-15(3,4)25-27(17,22)23/h12-13,18-19H,5-11H2,1-4H3,(H3,16,20,21)(H3,17,22,23). The van der Waals surface area contributed by atoms with Gasteiger partial charge in [-0.3, -0.25) is 9.05 Å². The third kappa shape index (κ3) is 16.8. The van der Waals surface area contributed by atoms with Crippen molar-refractivity contribution in [2.45, 2.75) is 96.1 Å². The van der Waals surface area contributed by atoms with Crippen molar-refractivity contribution in [3.05, 3.63) is 0 Å². The molecule has 0 aromatic heterocycles. The molecule has 0 rings (SSSR count). The first-order valence-corrected chi connectivity index (χ1v) is 12.2. The Kier molecular flexibility index (Phi) is 10.8. The first-order valence-electron chi connectivity index (χ1n) is 8.91. The smallest absolute Gasteiger partial charge is 0.393 e. The van der Waals surface area contributed by atoms with Gasteiger partial charge in [-0.1, -0.05) is 0 Å². The Balaban J connectivity index is 4.08. The molecule has 0 spiro atoms. The van der Waals surface area contributed by atoms with Gasteiger partial charge in [-0.2, -0.15) is 0 Å². The predicted molar refractivity (Wildman–Crippen MR) is 103 cm³/mol. The van der Waals surface area contributed by atoms with Gasteiger partial charge in [0.05, 0.1) is 23.4 Å². The molecule has 0 aliphatic carbocycles. The van der Waals surface area contributed by atoms with E-state index in [-0.39, 0.29) is 0 Å². The van der Waals surface area contributed by atoms with Gasteiger partial charge in [0.25, 0.3) is 0 Å². The van der Waals surface area contributed by atoms with Gasteiger partial charge in [0.15, 0.2) is 0 Å². The third-order valence-electron chi connectivity index (χ3n) is 3.99. The van der Waals surface area contributed by atoms with Crippen LogP contribution in [0.15, 0.2) is 0 Å². The second kappa shape index (κ2) is 10.8. The molecule has 0 fully saturated rings. The van der Waals surface area contributed by atoms with Crippen molar-refractivity contribution in [2.24, 2.45) is 11.0 Å². The van der Waals surface area contributed by atoms with Crippen LogP contribution < -0.4 is 11.0 Å². The summed E-state index contributed by atoms with van der Waals surface area (Å²) in [5.74, 6) is 0. The highest BCUT2D eigenvalue weighted by molar-refractivity contribution is 7.50. The Morgan fingerprint density at radius 2 is 1.07 bits per heavy atom. The number of hydrogen-bond donors (Lipinski definition) is 6. The monoisotopic (exact) mass is 434 g/mol. The summed E-state index contributed by atoms with van der Waals surface area (Å²) < 4.78 is 32.0. The Morgan fingerprint density at radius 1 is 0.778 bits per heavy atom. The van der Waals surface area contributed by atoms with Crippen molar-refractivity contribution >= 4 is 15.5 Å². The number of aliphatic hydroxyl groups excluding tert-OH is 2. The molecule has 0 aliphatic rings. The number of rotatable bonds is 14. The highest BCUT2D eigenvalue weighted by atomic mass is 31.2. The van der Waals surface area contributed by atoms with Crippen molar-refractivity contribution in [3.8, 4) is 0 Å². The predicted octanol–water partition coefficient (Wildman–Crippen LogP) is 2.15. The van der Waals surface area contributed by atoms with Crippen LogP contribution in [0.2, 0.25) is 0 Å². The van der Waals surface area contributed by atoms with Gasteiger partial charge in [0.1, 0.15) is 0 Å². The molecule has 0 radical (unpaired) electrons. The fraction of sp³-hybridized carbons (Fsp3) is 1.00. The molecule has 8 N–H and O–H groups in total. The molecule has 0 saturated carbocycles. The van der Waals surface area contributed by atoms with Crippen molar-refractivity contribution in [1.82, 2.24) is 0 Å².